The third-order valence-corrected chi connectivity index (χ3v) is 11.5. The molecule has 0 aliphatic rings. The number of unbranched alkanes of at least 4 members (excludes halogenated alkanes) is 29. The fourth-order valence-electron chi connectivity index (χ4n) is 6.81. The molecule has 0 bridgehead atoms. The number of amides is 1. The second kappa shape index (κ2) is 37.8. The van der Waals surface area contributed by atoms with Crippen LogP contribution in [0.3, 0.4) is 0 Å². The Balaban J connectivity index is 3.84. The average Bonchev–Trinajstić information content (AvgIpc) is 3.12. The number of phosphoric acid groups is 1. The van der Waals surface area contributed by atoms with Gasteiger partial charge < -0.3 is 19.8 Å². The van der Waals surface area contributed by atoms with Gasteiger partial charge in [0.05, 0.1) is 39.9 Å². The number of quaternary nitrogens is 1. The van der Waals surface area contributed by atoms with Crippen molar-refractivity contribution in [2.75, 3.05) is 40.9 Å². The Morgan fingerprint density at radius 2 is 0.981 bits per heavy atom. The summed E-state index contributed by atoms with van der Waals surface area (Å²) in [6.45, 7) is 4.65. The smallest absolute Gasteiger partial charge is 0.387 e. The summed E-state index contributed by atoms with van der Waals surface area (Å²) in [6, 6.07) is -0.836. The van der Waals surface area contributed by atoms with Crippen LogP contribution in [0, 0.1) is 0 Å². The van der Waals surface area contributed by atoms with E-state index in [0.29, 0.717) is 17.4 Å². The van der Waals surface area contributed by atoms with Crippen molar-refractivity contribution in [2.24, 2.45) is 0 Å². The zero-order valence-corrected chi connectivity index (χ0v) is 37.4. The summed E-state index contributed by atoms with van der Waals surface area (Å²) in [5.41, 5.74) is 0. The van der Waals surface area contributed by atoms with Gasteiger partial charge in [0.15, 0.2) is 0 Å². The first-order valence-electron chi connectivity index (χ1n) is 23.1. The number of carbonyl (C=O) groups is 1. The summed E-state index contributed by atoms with van der Waals surface area (Å²) in [7, 11) is 1.57. The van der Waals surface area contributed by atoms with E-state index < -0.39 is 20.0 Å². The number of phosphoric ester groups is 1. The summed E-state index contributed by atoms with van der Waals surface area (Å²) in [5.74, 6) is -0.200. The molecule has 322 valence electrons. The number of hydrogen-bond acceptors (Lipinski definition) is 5. The van der Waals surface area contributed by atoms with Crippen molar-refractivity contribution in [1.82, 2.24) is 5.32 Å². The highest BCUT2D eigenvalue weighted by Gasteiger charge is 2.27. The maximum Gasteiger partial charge on any atom is 0.472 e. The number of aliphatic hydroxyl groups is 1. The first kappa shape index (κ1) is 53.2. The van der Waals surface area contributed by atoms with Crippen LogP contribution in [-0.4, -0.2) is 73.4 Å². The topological polar surface area (TPSA) is 105 Å². The van der Waals surface area contributed by atoms with Crippen molar-refractivity contribution >= 4 is 13.7 Å². The van der Waals surface area contributed by atoms with Crippen molar-refractivity contribution in [3.63, 3.8) is 0 Å². The normalized spacial score (nSPS) is 14.4. The van der Waals surface area contributed by atoms with E-state index in [1.807, 2.05) is 27.2 Å². The van der Waals surface area contributed by atoms with E-state index in [4.69, 9.17) is 9.05 Å². The molecular formula is C45H92N2O6P+. The summed E-state index contributed by atoms with van der Waals surface area (Å²) in [6.07, 6.45) is 43.9. The van der Waals surface area contributed by atoms with Crippen LogP contribution >= 0.6 is 7.82 Å². The van der Waals surface area contributed by atoms with Crippen LogP contribution in [0.5, 0.6) is 0 Å². The van der Waals surface area contributed by atoms with E-state index in [-0.39, 0.29) is 19.1 Å². The summed E-state index contributed by atoms with van der Waals surface area (Å²) in [5, 5.41) is 13.6. The maximum atomic E-state index is 12.5. The molecule has 0 aromatic rings. The molecule has 0 aliphatic heterocycles. The molecular weight excluding hydrogens is 695 g/mol. The number of likely N-dealkylation sites (N-methyl/N-ethyl adjacent to an activating group) is 1. The molecule has 1 amide bonds. The Labute approximate surface area is 335 Å². The molecule has 0 fully saturated rings. The predicted octanol–water partition coefficient (Wildman–Crippen LogP) is 12.8. The lowest BCUT2D eigenvalue weighted by atomic mass is 10.0. The van der Waals surface area contributed by atoms with Gasteiger partial charge in [0, 0.05) is 6.42 Å². The minimum absolute atomic E-state index is 0.0629. The van der Waals surface area contributed by atoms with E-state index >= 15 is 0 Å². The van der Waals surface area contributed by atoms with E-state index in [1.54, 1.807) is 6.08 Å². The fourth-order valence-corrected chi connectivity index (χ4v) is 7.54. The number of aliphatic hydroxyl groups excluding tert-OH is 1. The second-order valence-corrected chi connectivity index (χ2v) is 18.6. The highest BCUT2D eigenvalue weighted by atomic mass is 31.2. The van der Waals surface area contributed by atoms with Gasteiger partial charge in [-0.1, -0.05) is 206 Å². The molecule has 0 saturated carbocycles. The molecule has 0 aliphatic carbocycles. The number of nitrogens with one attached hydrogen (secondary N) is 1. The second-order valence-electron chi connectivity index (χ2n) is 17.1. The Bertz CT molecular complexity index is 896. The lowest BCUT2D eigenvalue weighted by Crippen LogP contribution is -2.45. The highest BCUT2D eigenvalue weighted by Crippen LogP contribution is 2.43. The molecule has 0 aromatic carbocycles. The fraction of sp³-hybridized carbons (Fsp3) is 0.933. The van der Waals surface area contributed by atoms with Crippen molar-refractivity contribution < 1.29 is 32.9 Å². The van der Waals surface area contributed by atoms with Gasteiger partial charge in [-0.25, -0.2) is 4.57 Å². The van der Waals surface area contributed by atoms with Gasteiger partial charge in [0.1, 0.15) is 13.2 Å². The van der Waals surface area contributed by atoms with Crippen LogP contribution in [-0.2, 0) is 18.4 Å². The molecule has 0 spiro atoms. The zero-order chi connectivity index (χ0) is 40.0. The third kappa shape index (κ3) is 39.5. The first-order chi connectivity index (χ1) is 26.0. The van der Waals surface area contributed by atoms with Crippen LogP contribution in [0.15, 0.2) is 12.2 Å². The Morgan fingerprint density at radius 1 is 0.611 bits per heavy atom. The molecule has 3 atom stereocenters. The molecule has 3 N–H and O–H groups in total. The van der Waals surface area contributed by atoms with Gasteiger partial charge in [-0.05, 0) is 19.3 Å². The van der Waals surface area contributed by atoms with E-state index in [1.165, 1.54) is 167 Å². The number of nitrogens with zero attached hydrogens (tertiary/aromatic N) is 1. The predicted molar refractivity (Wildman–Crippen MR) is 231 cm³/mol. The Hall–Kier alpha value is -0.760. The quantitative estimate of drug-likeness (QED) is 0.0246. The molecule has 8 nitrogen and oxygen atoms in total. The van der Waals surface area contributed by atoms with Gasteiger partial charge in [-0.3, -0.25) is 13.8 Å². The number of rotatable bonds is 42. The zero-order valence-electron chi connectivity index (χ0n) is 36.5. The van der Waals surface area contributed by atoms with Crippen LogP contribution in [0.4, 0.5) is 0 Å². The standard InChI is InChI=1S/C45H91N2O6P/c1-6-8-10-11-12-13-14-15-16-17-18-19-20-21-22-23-24-25-26-27-28-29-30-31-32-33-34-35-37-38-44(48)43(46-45(49)39-36-9-7-2)42-53-54(50,51)52-41-40-47(3,4)5/h37-38,43-44,48H,6-36,39-42H2,1-5H3,(H-,46,49,50,51)/p+1/b38-37+. The molecule has 9 heteroatoms. The minimum atomic E-state index is -4.31. The largest absolute Gasteiger partial charge is 0.472 e. The van der Waals surface area contributed by atoms with Gasteiger partial charge in [0.2, 0.25) is 5.91 Å². The third-order valence-electron chi connectivity index (χ3n) is 10.5. The Morgan fingerprint density at radius 3 is 1.37 bits per heavy atom. The Kier molecular flexibility index (Phi) is 37.3. The van der Waals surface area contributed by atoms with E-state index in [9.17, 15) is 19.4 Å². The number of carbonyl (C=O) groups excluding carboxylic acids is 1. The SMILES string of the molecule is CCCCCCCCCCCCCCCCCCCCCCCCCCCCC/C=C/C(O)C(COP(=O)(O)OCC[N+](C)(C)C)NC(=O)CCCCC. The van der Waals surface area contributed by atoms with Crippen molar-refractivity contribution in [3.8, 4) is 0 Å². The molecule has 54 heavy (non-hydrogen) atoms. The van der Waals surface area contributed by atoms with Gasteiger partial charge in [0.25, 0.3) is 0 Å². The number of allylic oxidation sites excluding steroid dienone is 1. The maximum absolute atomic E-state index is 12.5. The molecule has 0 radical (unpaired) electrons. The van der Waals surface area contributed by atoms with Crippen molar-refractivity contribution in [1.29, 1.82) is 0 Å². The summed E-state index contributed by atoms with van der Waals surface area (Å²) >= 11 is 0. The monoisotopic (exact) mass is 788 g/mol. The lowest BCUT2D eigenvalue weighted by Gasteiger charge is -2.25. The van der Waals surface area contributed by atoms with E-state index in [2.05, 4.69) is 19.2 Å². The van der Waals surface area contributed by atoms with Crippen LogP contribution in [0.2, 0.25) is 0 Å². The van der Waals surface area contributed by atoms with Crippen LogP contribution in [0.25, 0.3) is 0 Å². The molecule has 3 unspecified atom stereocenters. The lowest BCUT2D eigenvalue weighted by molar-refractivity contribution is -0.870. The van der Waals surface area contributed by atoms with Gasteiger partial charge in [-0.15, -0.1) is 0 Å². The highest BCUT2D eigenvalue weighted by molar-refractivity contribution is 7.47. The average molecular weight is 788 g/mol. The van der Waals surface area contributed by atoms with Crippen molar-refractivity contribution in [2.45, 2.75) is 231 Å². The van der Waals surface area contributed by atoms with Crippen molar-refractivity contribution in [3.05, 3.63) is 12.2 Å². The molecule has 0 heterocycles. The van der Waals surface area contributed by atoms with Crippen LogP contribution in [0.1, 0.15) is 219 Å². The summed E-state index contributed by atoms with van der Waals surface area (Å²) < 4.78 is 23.3. The van der Waals surface area contributed by atoms with Crippen LogP contribution < -0.4 is 5.32 Å². The van der Waals surface area contributed by atoms with Gasteiger partial charge >= 0.3 is 7.82 Å². The minimum Gasteiger partial charge on any atom is -0.387 e. The molecule has 0 rings (SSSR count). The first-order valence-corrected chi connectivity index (χ1v) is 24.6. The molecule has 0 saturated heterocycles. The summed E-state index contributed by atoms with van der Waals surface area (Å²) in [4.78, 5) is 22.6. The number of hydrogen-bond donors (Lipinski definition) is 3. The van der Waals surface area contributed by atoms with E-state index in [0.717, 1.165) is 32.1 Å². The van der Waals surface area contributed by atoms with Gasteiger partial charge in [-0.2, -0.15) is 0 Å². The molecule has 0 aromatic heterocycles.